The predicted octanol–water partition coefficient (Wildman–Crippen LogP) is 1.06. The third kappa shape index (κ3) is 2.28. The Morgan fingerprint density at radius 1 is 1.50 bits per heavy atom. The Morgan fingerprint density at radius 3 is 2.94 bits per heavy atom. The smallest absolute Gasteiger partial charge is 0.418 e. The van der Waals surface area contributed by atoms with E-state index in [1.165, 1.54) is 0 Å². The SMILES string of the molecule is CCOC(=O)CN1C(=O)Oc2ccccc2C1O. The van der Waals surface area contributed by atoms with Crippen LogP contribution in [0.2, 0.25) is 0 Å². The molecule has 6 heteroatoms. The number of fused-ring (bicyclic) bond motifs is 1. The summed E-state index contributed by atoms with van der Waals surface area (Å²) in [5.74, 6) is -0.289. The molecule has 0 aromatic heterocycles. The lowest BCUT2D eigenvalue weighted by Gasteiger charge is -2.31. The van der Waals surface area contributed by atoms with Gasteiger partial charge in [-0.2, -0.15) is 0 Å². The monoisotopic (exact) mass is 251 g/mol. The second kappa shape index (κ2) is 5.05. The van der Waals surface area contributed by atoms with Gasteiger partial charge in [0.2, 0.25) is 0 Å². The van der Waals surface area contributed by atoms with Crippen molar-refractivity contribution in [3.05, 3.63) is 29.8 Å². The summed E-state index contributed by atoms with van der Waals surface area (Å²) in [6.45, 7) is 1.54. The zero-order valence-corrected chi connectivity index (χ0v) is 9.83. The van der Waals surface area contributed by atoms with Crippen molar-refractivity contribution < 1.29 is 24.2 Å². The number of aliphatic hydroxyl groups is 1. The number of hydrogen-bond acceptors (Lipinski definition) is 5. The Labute approximate surface area is 104 Å². The average molecular weight is 251 g/mol. The molecule has 0 fully saturated rings. The number of nitrogens with zero attached hydrogens (tertiary/aromatic N) is 1. The van der Waals surface area contributed by atoms with Crippen molar-refractivity contribution in [3.63, 3.8) is 0 Å². The van der Waals surface area contributed by atoms with Gasteiger partial charge in [-0.05, 0) is 13.0 Å². The summed E-state index contributed by atoms with van der Waals surface area (Å²) in [6.07, 6.45) is -1.97. The molecule has 1 amide bonds. The largest absolute Gasteiger partial charge is 0.465 e. The van der Waals surface area contributed by atoms with Gasteiger partial charge in [-0.3, -0.25) is 9.69 Å². The average Bonchev–Trinajstić information content (AvgIpc) is 2.35. The molecule has 0 spiro atoms. The van der Waals surface area contributed by atoms with Crippen LogP contribution in [0.25, 0.3) is 0 Å². The molecule has 1 aliphatic rings. The molecule has 0 saturated carbocycles. The summed E-state index contributed by atoms with van der Waals surface area (Å²) in [5.41, 5.74) is 0.446. The van der Waals surface area contributed by atoms with Crippen LogP contribution in [-0.2, 0) is 9.53 Å². The fourth-order valence-corrected chi connectivity index (χ4v) is 1.70. The molecule has 1 heterocycles. The number of benzene rings is 1. The van der Waals surface area contributed by atoms with Crippen LogP contribution in [0, 0.1) is 0 Å². The molecular weight excluding hydrogens is 238 g/mol. The summed E-state index contributed by atoms with van der Waals surface area (Å²) >= 11 is 0. The molecule has 0 bridgehead atoms. The minimum absolute atomic E-state index is 0.217. The Balaban J connectivity index is 2.19. The fraction of sp³-hybridized carbons (Fsp3) is 0.333. The van der Waals surface area contributed by atoms with E-state index in [0.717, 1.165) is 4.90 Å². The van der Waals surface area contributed by atoms with Gasteiger partial charge in [0.05, 0.1) is 6.61 Å². The van der Waals surface area contributed by atoms with E-state index in [9.17, 15) is 14.7 Å². The number of esters is 1. The van der Waals surface area contributed by atoms with Gasteiger partial charge in [-0.15, -0.1) is 0 Å². The molecule has 1 atom stereocenters. The minimum atomic E-state index is -1.20. The topological polar surface area (TPSA) is 76.1 Å². The highest BCUT2D eigenvalue weighted by molar-refractivity contribution is 5.80. The van der Waals surface area contributed by atoms with Gasteiger partial charge in [0.25, 0.3) is 0 Å². The number of ether oxygens (including phenoxy) is 2. The first-order chi connectivity index (χ1) is 8.63. The van der Waals surface area contributed by atoms with Gasteiger partial charge in [0, 0.05) is 5.56 Å². The number of aliphatic hydroxyl groups excluding tert-OH is 1. The van der Waals surface area contributed by atoms with E-state index in [0.29, 0.717) is 11.3 Å². The summed E-state index contributed by atoms with van der Waals surface area (Å²) in [4.78, 5) is 23.9. The lowest BCUT2D eigenvalue weighted by molar-refractivity contribution is -0.146. The molecule has 1 aromatic rings. The Bertz CT molecular complexity index is 473. The first-order valence-corrected chi connectivity index (χ1v) is 5.54. The maximum atomic E-state index is 11.6. The molecule has 96 valence electrons. The number of para-hydroxylation sites is 1. The van der Waals surface area contributed by atoms with E-state index >= 15 is 0 Å². The van der Waals surface area contributed by atoms with Crippen molar-refractivity contribution in [2.45, 2.75) is 13.2 Å². The second-order valence-corrected chi connectivity index (χ2v) is 3.71. The molecule has 18 heavy (non-hydrogen) atoms. The van der Waals surface area contributed by atoms with Crippen LogP contribution in [0.4, 0.5) is 4.79 Å². The normalized spacial score (nSPS) is 18.0. The quantitative estimate of drug-likeness (QED) is 0.813. The van der Waals surface area contributed by atoms with Crippen molar-refractivity contribution in [1.82, 2.24) is 4.90 Å². The number of carbonyl (C=O) groups is 2. The van der Waals surface area contributed by atoms with Crippen molar-refractivity contribution in [2.24, 2.45) is 0 Å². The van der Waals surface area contributed by atoms with Crippen LogP contribution in [-0.4, -0.2) is 35.2 Å². The minimum Gasteiger partial charge on any atom is -0.465 e. The van der Waals surface area contributed by atoms with Crippen LogP contribution in [0.1, 0.15) is 18.7 Å². The highest BCUT2D eigenvalue weighted by Gasteiger charge is 2.34. The molecule has 1 N–H and O–H groups in total. The van der Waals surface area contributed by atoms with Crippen LogP contribution in [0.3, 0.4) is 0 Å². The van der Waals surface area contributed by atoms with Gasteiger partial charge in [-0.25, -0.2) is 4.79 Å². The predicted molar refractivity (Wildman–Crippen MR) is 60.8 cm³/mol. The molecule has 1 unspecified atom stereocenters. The standard InChI is InChI=1S/C12H13NO5/c1-2-17-10(14)7-13-11(15)8-5-3-4-6-9(8)18-12(13)16/h3-6,11,15H,2,7H2,1H3. The highest BCUT2D eigenvalue weighted by atomic mass is 16.6. The number of carbonyl (C=O) groups excluding carboxylic acids is 2. The second-order valence-electron chi connectivity index (χ2n) is 3.71. The third-order valence-electron chi connectivity index (χ3n) is 2.53. The Hall–Kier alpha value is -2.08. The van der Waals surface area contributed by atoms with E-state index < -0.39 is 18.3 Å². The zero-order valence-electron chi connectivity index (χ0n) is 9.83. The first-order valence-electron chi connectivity index (χ1n) is 5.54. The number of amides is 1. The molecule has 1 aliphatic heterocycles. The molecule has 0 radical (unpaired) electrons. The lowest BCUT2D eigenvalue weighted by Crippen LogP contribution is -2.44. The van der Waals surface area contributed by atoms with E-state index in [2.05, 4.69) is 0 Å². The van der Waals surface area contributed by atoms with Gasteiger partial charge in [-0.1, -0.05) is 18.2 Å². The zero-order chi connectivity index (χ0) is 13.1. The summed E-state index contributed by atoms with van der Waals surface area (Å²) in [5, 5.41) is 10.0. The van der Waals surface area contributed by atoms with Crippen LogP contribution < -0.4 is 4.74 Å². The summed E-state index contributed by atoms with van der Waals surface area (Å²) in [7, 11) is 0. The maximum Gasteiger partial charge on any atom is 0.418 e. The van der Waals surface area contributed by atoms with Gasteiger partial charge < -0.3 is 14.6 Å². The van der Waals surface area contributed by atoms with E-state index in [-0.39, 0.29) is 13.2 Å². The lowest BCUT2D eigenvalue weighted by atomic mass is 10.1. The summed E-state index contributed by atoms with van der Waals surface area (Å²) < 4.78 is 9.74. The fourth-order valence-electron chi connectivity index (χ4n) is 1.70. The van der Waals surface area contributed by atoms with E-state index in [1.807, 2.05) is 0 Å². The van der Waals surface area contributed by atoms with Crippen LogP contribution in [0.5, 0.6) is 5.75 Å². The van der Waals surface area contributed by atoms with Crippen molar-refractivity contribution >= 4 is 12.1 Å². The van der Waals surface area contributed by atoms with Gasteiger partial charge >= 0.3 is 12.1 Å². The number of hydrogen-bond donors (Lipinski definition) is 1. The van der Waals surface area contributed by atoms with Crippen LogP contribution in [0.15, 0.2) is 24.3 Å². The van der Waals surface area contributed by atoms with E-state index in [1.54, 1.807) is 31.2 Å². The molecule has 0 aliphatic carbocycles. The maximum absolute atomic E-state index is 11.6. The Kier molecular flexibility index (Phi) is 3.47. The number of rotatable bonds is 3. The highest BCUT2D eigenvalue weighted by Crippen LogP contribution is 2.32. The molecular formula is C12H13NO5. The third-order valence-corrected chi connectivity index (χ3v) is 2.53. The molecule has 6 nitrogen and oxygen atoms in total. The van der Waals surface area contributed by atoms with Crippen molar-refractivity contribution in [1.29, 1.82) is 0 Å². The van der Waals surface area contributed by atoms with Crippen LogP contribution >= 0.6 is 0 Å². The van der Waals surface area contributed by atoms with Crippen molar-refractivity contribution in [3.8, 4) is 5.75 Å². The van der Waals surface area contributed by atoms with Crippen molar-refractivity contribution in [2.75, 3.05) is 13.2 Å². The van der Waals surface area contributed by atoms with Gasteiger partial charge in [0.1, 0.15) is 12.3 Å². The molecule has 0 saturated heterocycles. The van der Waals surface area contributed by atoms with E-state index in [4.69, 9.17) is 9.47 Å². The molecule has 1 aromatic carbocycles. The van der Waals surface area contributed by atoms with Gasteiger partial charge in [0.15, 0.2) is 6.23 Å². The first kappa shape index (κ1) is 12.4. The molecule has 2 rings (SSSR count). The summed E-state index contributed by atoms with van der Waals surface area (Å²) in [6, 6.07) is 6.62. The Morgan fingerprint density at radius 2 is 2.22 bits per heavy atom.